The molecular weight excluding hydrogens is 557 g/mol. The summed E-state index contributed by atoms with van der Waals surface area (Å²) < 4.78 is 62.9. The first-order valence-corrected chi connectivity index (χ1v) is 14.7. The van der Waals surface area contributed by atoms with Crippen molar-refractivity contribution in [2.45, 2.75) is 33.0 Å². The van der Waals surface area contributed by atoms with E-state index in [0.717, 1.165) is 21.5 Å². The van der Waals surface area contributed by atoms with E-state index in [1.165, 1.54) is 12.1 Å². The van der Waals surface area contributed by atoms with Crippen LogP contribution < -0.4 is 13.8 Å². The molecule has 1 atom stereocenters. The number of aromatic nitrogens is 1. The summed E-state index contributed by atoms with van der Waals surface area (Å²) in [5.74, 6) is 0.181. The Labute approximate surface area is 246 Å². The monoisotopic (exact) mass is 591 g/mol. The zero-order valence-electron chi connectivity index (χ0n) is 24.0. The van der Waals surface area contributed by atoms with Crippen LogP contribution in [0.25, 0.3) is 6.08 Å². The number of hydrogen-bond acceptors (Lipinski definition) is 6. The standard InChI is InChI=1S/C32H34FN3O5S/c1-23-29(20-32(40-4)24(2)39-3)34-18-17-30(23)41-31-16-15-27(19-28(31)33)36(22-26-13-9-6-10-14-26)42(37,38)35-21-25-11-7-5-8-12-25/h5-20,24,35H,21-22H2,1-4H3/b32-20+. The predicted octanol–water partition coefficient (Wildman–Crippen LogP) is 6.38. The third-order valence-electron chi connectivity index (χ3n) is 6.65. The molecule has 1 aromatic heterocycles. The molecule has 42 heavy (non-hydrogen) atoms. The smallest absolute Gasteiger partial charge is 0.302 e. The molecule has 0 radical (unpaired) electrons. The molecule has 220 valence electrons. The molecule has 0 amide bonds. The zero-order chi connectivity index (χ0) is 30.1. The highest BCUT2D eigenvalue weighted by molar-refractivity contribution is 7.90. The van der Waals surface area contributed by atoms with Crippen molar-refractivity contribution in [3.05, 3.63) is 125 Å². The van der Waals surface area contributed by atoms with Gasteiger partial charge in [0.2, 0.25) is 0 Å². The zero-order valence-corrected chi connectivity index (χ0v) is 24.8. The second kappa shape index (κ2) is 14.1. The van der Waals surface area contributed by atoms with E-state index in [0.29, 0.717) is 22.8 Å². The Morgan fingerprint density at radius 1 is 0.976 bits per heavy atom. The fourth-order valence-corrected chi connectivity index (χ4v) is 5.36. The van der Waals surface area contributed by atoms with E-state index in [1.54, 1.807) is 39.5 Å². The second-order valence-corrected chi connectivity index (χ2v) is 11.1. The average molecular weight is 592 g/mol. The van der Waals surface area contributed by atoms with Crippen molar-refractivity contribution < 1.29 is 27.0 Å². The Morgan fingerprint density at radius 3 is 2.26 bits per heavy atom. The quantitative estimate of drug-likeness (QED) is 0.181. The SMILES string of the molecule is CO/C(=C/c1nccc(Oc2ccc(N(Cc3ccccc3)S(=O)(=O)NCc3ccccc3)cc2F)c1C)C(C)OC. The van der Waals surface area contributed by atoms with Gasteiger partial charge in [0.1, 0.15) is 17.6 Å². The number of pyridine rings is 1. The van der Waals surface area contributed by atoms with Gasteiger partial charge in [-0.25, -0.2) is 4.39 Å². The van der Waals surface area contributed by atoms with Crippen molar-refractivity contribution in [1.29, 1.82) is 0 Å². The van der Waals surface area contributed by atoms with Gasteiger partial charge in [0, 0.05) is 37.6 Å². The number of ether oxygens (including phenoxy) is 3. The lowest BCUT2D eigenvalue weighted by atomic mass is 10.1. The molecule has 0 aliphatic carbocycles. The van der Waals surface area contributed by atoms with Crippen LogP contribution in [0.3, 0.4) is 0 Å². The molecule has 10 heteroatoms. The van der Waals surface area contributed by atoms with E-state index in [4.69, 9.17) is 14.2 Å². The van der Waals surface area contributed by atoms with Gasteiger partial charge in [0.25, 0.3) is 0 Å². The highest BCUT2D eigenvalue weighted by Gasteiger charge is 2.24. The van der Waals surface area contributed by atoms with Gasteiger partial charge in [0.05, 0.1) is 25.0 Å². The number of halogens is 1. The van der Waals surface area contributed by atoms with Crippen LogP contribution in [0, 0.1) is 12.7 Å². The van der Waals surface area contributed by atoms with Gasteiger partial charge in [-0.3, -0.25) is 9.29 Å². The van der Waals surface area contributed by atoms with E-state index in [9.17, 15) is 8.42 Å². The molecule has 0 saturated heterocycles. The van der Waals surface area contributed by atoms with Crippen molar-refractivity contribution in [3.63, 3.8) is 0 Å². The minimum atomic E-state index is -4.06. The number of methoxy groups -OCH3 is 2. The number of rotatable bonds is 13. The summed E-state index contributed by atoms with van der Waals surface area (Å²) in [6.07, 6.45) is 3.01. The van der Waals surface area contributed by atoms with Crippen LogP contribution in [0.15, 0.2) is 96.9 Å². The minimum Gasteiger partial charge on any atom is -0.498 e. The first kappa shape index (κ1) is 30.7. The summed E-state index contributed by atoms with van der Waals surface area (Å²) in [4.78, 5) is 4.38. The van der Waals surface area contributed by atoms with Crippen LogP contribution in [-0.2, 0) is 32.8 Å². The molecular formula is C32H34FN3O5S. The first-order chi connectivity index (χ1) is 20.2. The third kappa shape index (κ3) is 7.73. The van der Waals surface area contributed by atoms with Crippen LogP contribution >= 0.6 is 0 Å². The molecule has 4 rings (SSSR count). The van der Waals surface area contributed by atoms with Crippen molar-refractivity contribution in [3.8, 4) is 11.5 Å². The summed E-state index contributed by atoms with van der Waals surface area (Å²) in [5.41, 5.74) is 2.94. The molecule has 3 aromatic carbocycles. The van der Waals surface area contributed by atoms with Gasteiger partial charge in [-0.2, -0.15) is 13.1 Å². The van der Waals surface area contributed by atoms with Crippen LogP contribution in [0.2, 0.25) is 0 Å². The van der Waals surface area contributed by atoms with Gasteiger partial charge >= 0.3 is 10.2 Å². The molecule has 0 saturated carbocycles. The van der Waals surface area contributed by atoms with Gasteiger partial charge in [-0.15, -0.1) is 0 Å². The van der Waals surface area contributed by atoms with Crippen molar-refractivity contribution in [2.75, 3.05) is 18.5 Å². The maximum absolute atomic E-state index is 15.5. The average Bonchev–Trinajstić information content (AvgIpc) is 3.01. The van der Waals surface area contributed by atoms with Gasteiger partial charge in [-0.05, 0) is 43.2 Å². The molecule has 0 spiro atoms. The normalized spacial score (nSPS) is 12.5. The fourth-order valence-electron chi connectivity index (χ4n) is 4.14. The molecule has 1 unspecified atom stereocenters. The summed E-state index contributed by atoms with van der Waals surface area (Å²) >= 11 is 0. The number of benzene rings is 3. The van der Waals surface area contributed by atoms with Crippen molar-refractivity contribution >= 4 is 22.0 Å². The van der Waals surface area contributed by atoms with Crippen LogP contribution in [0.1, 0.15) is 29.3 Å². The molecule has 1 N–H and O–H groups in total. The Morgan fingerprint density at radius 2 is 1.64 bits per heavy atom. The maximum atomic E-state index is 15.5. The Kier molecular flexibility index (Phi) is 10.3. The summed E-state index contributed by atoms with van der Waals surface area (Å²) in [6, 6.07) is 24.0. The van der Waals surface area contributed by atoms with E-state index >= 15 is 4.39 Å². The van der Waals surface area contributed by atoms with E-state index in [2.05, 4.69) is 9.71 Å². The Hall–Kier alpha value is -4.25. The van der Waals surface area contributed by atoms with Crippen LogP contribution in [0.5, 0.6) is 11.5 Å². The van der Waals surface area contributed by atoms with Gasteiger partial charge in [-0.1, -0.05) is 60.7 Å². The van der Waals surface area contributed by atoms with Crippen molar-refractivity contribution in [2.24, 2.45) is 0 Å². The summed E-state index contributed by atoms with van der Waals surface area (Å²) in [6.45, 7) is 3.74. The lowest BCUT2D eigenvalue weighted by Crippen LogP contribution is -2.40. The highest BCUT2D eigenvalue weighted by Crippen LogP contribution is 2.32. The lowest BCUT2D eigenvalue weighted by Gasteiger charge is -2.25. The Balaban J connectivity index is 1.62. The Bertz CT molecular complexity index is 1620. The second-order valence-electron chi connectivity index (χ2n) is 9.47. The van der Waals surface area contributed by atoms with Crippen LogP contribution in [0.4, 0.5) is 10.1 Å². The summed E-state index contributed by atoms with van der Waals surface area (Å²) in [7, 11) is -0.930. The van der Waals surface area contributed by atoms with Gasteiger partial charge in [0.15, 0.2) is 11.6 Å². The highest BCUT2D eigenvalue weighted by atomic mass is 32.2. The lowest BCUT2D eigenvalue weighted by molar-refractivity contribution is 0.0937. The molecule has 0 bridgehead atoms. The largest absolute Gasteiger partial charge is 0.498 e. The first-order valence-electron chi connectivity index (χ1n) is 13.3. The van der Waals surface area contributed by atoms with Gasteiger partial charge < -0.3 is 14.2 Å². The number of hydrogen-bond donors (Lipinski definition) is 1. The van der Waals surface area contributed by atoms with E-state index in [-0.39, 0.29) is 30.6 Å². The fraction of sp³-hybridized carbons (Fsp3) is 0.219. The predicted molar refractivity (Wildman–Crippen MR) is 162 cm³/mol. The summed E-state index contributed by atoms with van der Waals surface area (Å²) in [5, 5.41) is 0. The molecule has 4 aromatic rings. The maximum Gasteiger partial charge on any atom is 0.302 e. The van der Waals surface area contributed by atoms with Crippen LogP contribution in [-0.4, -0.2) is 33.7 Å². The van der Waals surface area contributed by atoms with Crippen molar-refractivity contribution in [1.82, 2.24) is 9.71 Å². The number of anilines is 1. The molecule has 1 heterocycles. The minimum absolute atomic E-state index is 0.00545. The molecule has 0 fully saturated rings. The third-order valence-corrected chi connectivity index (χ3v) is 8.08. The van der Waals surface area contributed by atoms with E-state index in [1.807, 2.05) is 67.6 Å². The molecule has 0 aliphatic rings. The number of nitrogens with one attached hydrogen (secondary N) is 1. The molecule has 0 aliphatic heterocycles. The topological polar surface area (TPSA) is 90.0 Å². The number of nitrogens with zero attached hydrogens (tertiary/aromatic N) is 2. The molecule has 8 nitrogen and oxygen atoms in total. The van der Waals surface area contributed by atoms with E-state index < -0.39 is 16.0 Å².